The Bertz CT molecular complexity index is 493. The number of hydrogen-bond acceptors (Lipinski definition) is 5. The minimum absolute atomic E-state index is 0.178. The number of ether oxygens (including phenoxy) is 2. The Balaban J connectivity index is 2.78. The largest absolute Gasteiger partial charge is 0.465 e. The molecule has 3 N–H and O–H groups in total. The molecule has 6 nitrogen and oxygen atoms in total. The number of esters is 1. The van der Waals surface area contributed by atoms with E-state index in [4.69, 9.17) is 22.1 Å². The number of methoxy groups -OCH3 is 2. The van der Waals surface area contributed by atoms with E-state index < -0.39 is 12.0 Å². The van der Waals surface area contributed by atoms with Crippen LogP contribution in [0.2, 0.25) is 5.02 Å². The van der Waals surface area contributed by atoms with Crippen LogP contribution < -0.4 is 11.1 Å². The Morgan fingerprint density at radius 3 is 2.70 bits per heavy atom. The molecule has 0 spiro atoms. The Morgan fingerprint density at radius 2 is 2.10 bits per heavy atom. The van der Waals surface area contributed by atoms with Crippen LogP contribution in [0.5, 0.6) is 0 Å². The Labute approximate surface area is 122 Å². The fourth-order valence-electron chi connectivity index (χ4n) is 1.48. The minimum atomic E-state index is -0.688. The highest BCUT2D eigenvalue weighted by molar-refractivity contribution is 6.33. The lowest BCUT2D eigenvalue weighted by atomic mass is 10.1. The van der Waals surface area contributed by atoms with Gasteiger partial charge >= 0.3 is 5.97 Å². The van der Waals surface area contributed by atoms with Crippen molar-refractivity contribution in [3.05, 3.63) is 28.8 Å². The molecule has 1 unspecified atom stereocenters. The quantitative estimate of drug-likeness (QED) is 0.776. The van der Waals surface area contributed by atoms with E-state index in [-0.39, 0.29) is 16.5 Å². The van der Waals surface area contributed by atoms with Crippen molar-refractivity contribution in [3.8, 4) is 0 Å². The number of anilines is 1. The molecule has 1 aromatic carbocycles. The van der Waals surface area contributed by atoms with E-state index in [1.165, 1.54) is 26.4 Å². The average molecular weight is 301 g/mol. The van der Waals surface area contributed by atoms with Crippen LogP contribution in [0.15, 0.2) is 18.2 Å². The summed E-state index contributed by atoms with van der Waals surface area (Å²) >= 11 is 5.88. The summed E-state index contributed by atoms with van der Waals surface area (Å²) in [6.45, 7) is 0.391. The number of rotatable bonds is 6. The first-order valence-corrected chi connectivity index (χ1v) is 6.30. The van der Waals surface area contributed by atoms with Gasteiger partial charge in [-0.2, -0.15) is 0 Å². The van der Waals surface area contributed by atoms with E-state index in [9.17, 15) is 9.59 Å². The van der Waals surface area contributed by atoms with Crippen molar-refractivity contribution in [1.29, 1.82) is 0 Å². The normalized spacial score (nSPS) is 11.8. The second-order valence-electron chi connectivity index (χ2n) is 4.06. The molecule has 20 heavy (non-hydrogen) atoms. The van der Waals surface area contributed by atoms with Gasteiger partial charge in [0, 0.05) is 19.4 Å². The molecular formula is C13H17ClN2O4. The molecule has 1 rings (SSSR count). The molecule has 0 aliphatic heterocycles. The fraction of sp³-hybridized carbons (Fsp3) is 0.385. The molecule has 0 aliphatic rings. The van der Waals surface area contributed by atoms with Crippen LogP contribution in [0.3, 0.4) is 0 Å². The molecule has 0 bridgehead atoms. The first-order valence-electron chi connectivity index (χ1n) is 5.92. The average Bonchev–Trinajstić information content (AvgIpc) is 2.45. The van der Waals surface area contributed by atoms with Crippen molar-refractivity contribution >= 4 is 29.2 Å². The Kier molecular flexibility index (Phi) is 6.44. The zero-order valence-electron chi connectivity index (χ0n) is 11.3. The second kappa shape index (κ2) is 7.84. The summed E-state index contributed by atoms with van der Waals surface area (Å²) in [5, 5.41) is 2.86. The molecule has 1 aromatic rings. The molecule has 7 heteroatoms. The van der Waals surface area contributed by atoms with E-state index in [0.717, 1.165) is 0 Å². The van der Waals surface area contributed by atoms with Crippen molar-refractivity contribution in [2.24, 2.45) is 5.73 Å². The van der Waals surface area contributed by atoms with E-state index in [2.05, 4.69) is 10.1 Å². The topological polar surface area (TPSA) is 90.6 Å². The first-order chi connectivity index (χ1) is 9.49. The van der Waals surface area contributed by atoms with Crippen LogP contribution >= 0.6 is 11.6 Å². The number of hydrogen-bond donors (Lipinski definition) is 2. The van der Waals surface area contributed by atoms with Gasteiger partial charge in [-0.15, -0.1) is 0 Å². The van der Waals surface area contributed by atoms with Crippen LogP contribution in [0.4, 0.5) is 5.69 Å². The molecule has 0 radical (unpaired) electrons. The van der Waals surface area contributed by atoms with Crippen LogP contribution in [-0.2, 0) is 14.3 Å². The third-order valence-corrected chi connectivity index (χ3v) is 2.94. The lowest BCUT2D eigenvalue weighted by Gasteiger charge is -2.12. The fourth-order valence-corrected chi connectivity index (χ4v) is 1.67. The second-order valence-corrected chi connectivity index (χ2v) is 4.47. The number of benzene rings is 1. The highest BCUT2D eigenvalue weighted by Gasteiger charge is 2.16. The van der Waals surface area contributed by atoms with Crippen molar-refractivity contribution < 1.29 is 19.1 Å². The van der Waals surface area contributed by atoms with E-state index in [1.807, 2.05) is 0 Å². The summed E-state index contributed by atoms with van der Waals surface area (Å²) in [4.78, 5) is 23.3. The van der Waals surface area contributed by atoms with Gasteiger partial charge in [0.2, 0.25) is 5.91 Å². The van der Waals surface area contributed by atoms with E-state index in [0.29, 0.717) is 18.7 Å². The molecular weight excluding hydrogens is 284 g/mol. The van der Waals surface area contributed by atoms with Crippen LogP contribution in [-0.4, -0.2) is 38.7 Å². The van der Waals surface area contributed by atoms with Gasteiger partial charge in [0.25, 0.3) is 0 Å². The molecule has 0 aliphatic carbocycles. The van der Waals surface area contributed by atoms with Gasteiger partial charge in [0.15, 0.2) is 0 Å². The van der Waals surface area contributed by atoms with Crippen molar-refractivity contribution in [2.45, 2.75) is 12.5 Å². The number of amides is 1. The van der Waals surface area contributed by atoms with Gasteiger partial charge in [-0.25, -0.2) is 4.79 Å². The summed E-state index contributed by atoms with van der Waals surface area (Å²) < 4.78 is 9.46. The Hall–Kier alpha value is -1.63. The van der Waals surface area contributed by atoms with Gasteiger partial charge in [-0.1, -0.05) is 11.6 Å². The van der Waals surface area contributed by atoms with Gasteiger partial charge in [-0.05, 0) is 24.6 Å². The zero-order valence-corrected chi connectivity index (χ0v) is 12.1. The maximum absolute atomic E-state index is 11.8. The summed E-state index contributed by atoms with van der Waals surface area (Å²) in [7, 11) is 2.79. The SMILES string of the molecule is COCCC(N)C(=O)Nc1ccc(Cl)c(C(=O)OC)c1. The number of nitrogens with two attached hydrogens (primary N) is 1. The standard InChI is InChI=1S/C13H17ClN2O4/c1-19-6-5-11(15)12(17)16-8-3-4-10(14)9(7-8)13(18)20-2/h3-4,7,11H,5-6,15H2,1-2H3,(H,16,17). The van der Waals surface area contributed by atoms with Crippen LogP contribution in [0.1, 0.15) is 16.8 Å². The van der Waals surface area contributed by atoms with E-state index >= 15 is 0 Å². The van der Waals surface area contributed by atoms with E-state index in [1.54, 1.807) is 6.07 Å². The smallest absolute Gasteiger partial charge is 0.339 e. The lowest BCUT2D eigenvalue weighted by Crippen LogP contribution is -2.36. The predicted molar refractivity (Wildman–Crippen MR) is 75.9 cm³/mol. The van der Waals surface area contributed by atoms with Crippen molar-refractivity contribution in [2.75, 3.05) is 26.1 Å². The molecule has 110 valence electrons. The van der Waals surface area contributed by atoms with Gasteiger partial charge in [0.05, 0.1) is 23.7 Å². The molecule has 1 atom stereocenters. The molecule has 1 amide bonds. The maximum Gasteiger partial charge on any atom is 0.339 e. The molecule has 0 saturated heterocycles. The minimum Gasteiger partial charge on any atom is -0.465 e. The summed E-state index contributed by atoms with van der Waals surface area (Å²) in [5.41, 5.74) is 6.30. The van der Waals surface area contributed by atoms with Crippen LogP contribution in [0, 0.1) is 0 Å². The molecule has 0 saturated carbocycles. The number of carbonyl (C=O) groups excluding carboxylic acids is 2. The Morgan fingerprint density at radius 1 is 1.40 bits per heavy atom. The highest BCUT2D eigenvalue weighted by Crippen LogP contribution is 2.21. The third kappa shape index (κ3) is 4.48. The van der Waals surface area contributed by atoms with Gasteiger partial charge in [-0.3, -0.25) is 4.79 Å². The summed E-state index contributed by atoms with van der Waals surface area (Å²) in [6, 6.07) is 3.83. The third-order valence-electron chi connectivity index (χ3n) is 2.61. The van der Waals surface area contributed by atoms with Crippen molar-refractivity contribution in [1.82, 2.24) is 0 Å². The van der Waals surface area contributed by atoms with Gasteiger partial charge < -0.3 is 20.5 Å². The molecule has 0 fully saturated rings. The lowest BCUT2D eigenvalue weighted by molar-refractivity contribution is -0.117. The highest BCUT2D eigenvalue weighted by atomic mass is 35.5. The summed E-state index contributed by atoms with van der Waals surface area (Å²) in [6.07, 6.45) is 0.403. The number of halogens is 1. The molecule has 0 aromatic heterocycles. The number of carbonyl (C=O) groups is 2. The number of nitrogens with one attached hydrogen (secondary N) is 1. The van der Waals surface area contributed by atoms with Gasteiger partial charge in [0.1, 0.15) is 0 Å². The maximum atomic E-state index is 11.8. The molecule has 0 heterocycles. The predicted octanol–water partition coefficient (Wildman–Crippen LogP) is 1.43. The summed E-state index contributed by atoms with van der Waals surface area (Å²) in [5.74, 6) is -0.935. The van der Waals surface area contributed by atoms with Crippen molar-refractivity contribution in [3.63, 3.8) is 0 Å². The zero-order chi connectivity index (χ0) is 15.1. The first kappa shape index (κ1) is 16.4. The van der Waals surface area contributed by atoms with Crippen LogP contribution in [0.25, 0.3) is 0 Å². The monoisotopic (exact) mass is 300 g/mol.